The molecule has 0 aromatic heterocycles. The van der Waals surface area contributed by atoms with Crippen LogP contribution >= 0.6 is 11.8 Å². The van der Waals surface area contributed by atoms with Crippen LogP contribution in [0.4, 0.5) is 4.79 Å². The number of benzene rings is 2. The number of nitrogens with zero attached hydrogens (tertiary/aromatic N) is 1. The molecule has 0 radical (unpaired) electrons. The van der Waals surface area contributed by atoms with Crippen LogP contribution in [0, 0.1) is 0 Å². The predicted molar refractivity (Wildman–Crippen MR) is 101 cm³/mol. The number of hydrogen-bond acceptors (Lipinski definition) is 4. The summed E-state index contributed by atoms with van der Waals surface area (Å²) in [6.07, 6.45) is 5.02. The second-order valence-corrected chi connectivity index (χ2v) is 6.52. The molecule has 0 atom stereocenters. The van der Waals surface area contributed by atoms with Crippen molar-refractivity contribution < 1.29 is 19.5 Å². The first-order chi connectivity index (χ1) is 12.5. The fourth-order valence-electron chi connectivity index (χ4n) is 2.45. The Balaban J connectivity index is 1.69. The number of hydrogen-bond donors (Lipinski definition) is 1. The van der Waals surface area contributed by atoms with E-state index in [1.54, 1.807) is 6.08 Å². The molecule has 1 saturated heterocycles. The van der Waals surface area contributed by atoms with Crippen molar-refractivity contribution in [3.8, 4) is 11.1 Å². The number of carbonyl (C=O) groups excluding carboxylic acids is 2. The molecule has 0 bridgehead atoms. The van der Waals surface area contributed by atoms with Crippen LogP contribution in [0.25, 0.3) is 17.2 Å². The normalized spacial score (nSPS) is 16.0. The van der Waals surface area contributed by atoms with Gasteiger partial charge in [0, 0.05) is 0 Å². The van der Waals surface area contributed by atoms with Gasteiger partial charge in [-0.15, -0.1) is 0 Å². The van der Waals surface area contributed by atoms with E-state index in [1.165, 1.54) is 6.08 Å². The van der Waals surface area contributed by atoms with Gasteiger partial charge in [-0.25, -0.2) is 0 Å². The van der Waals surface area contributed by atoms with E-state index >= 15 is 0 Å². The van der Waals surface area contributed by atoms with Gasteiger partial charge in [-0.3, -0.25) is 19.3 Å². The quantitative estimate of drug-likeness (QED) is 0.810. The van der Waals surface area contributed by atoms with Gasteiger partial charge in [-0.2, -0.15) is 0 Å². The van der Waals surface area contributed by atoms with Gasteiger partial charge in [0.25, 0.3) is 11.1 Å². The number of carboxylic acid groups (broad SMARTS) is 1. The van der Waals surface area contributed by atoms with E-state index in [1.807, 2.05) is 60.7 Å². The van der Waals surface area contributed by atoms with Crippen LogP contribution in [0.1, 0.15) is 5.56 Å². The minimum atomic E-state index is -1.22. The molecular weight excluding hydrogens is 350 g/mol. The van der Waals surface area contributed by atoms with E-state index < -0.39 is 23.7 Å². The minimum absolute atomic E-state index is 0.216. The molecule has 26 heavy (non-hydrogen) atoms. The number of carbonyl (C=O) groups is 3. The molecule has 1 heterocycles. The lowest BCUT2D eigenvalue weighted by atomic mass is 10.0. The maximum atomic E-state index is 12.0. The Hall–Kier alpha value is -3.12. The lowest BCUT2D eigenvalue weighted by Crippen LogP contribution is -2.33. The highest BCUT2D eigenvalue weighted by Crippen LogP contribution is 2.30. The van der Waals surface area contributed by atoms with Gasteiger partial charge in [0.1, 0.15) is 6.54 Å². The maximum absolute atomic E-state index is 12.0. The van der Waals surface area contributed by atoms with Crippen molar-refractivity contribution in [2.24, 2.45) is 0 Å². The van der Waals surface area contributed by atoms with E-state index in [2.05, 4.69) is 0 Å². The Morgan fingerprint density at radius 2 is 1.65 bits per heavy atom. The first kappa shape index (κ1) is 17.7. The molecule has 1 N–H and O–H groups in total. The van der Waals surface area contributed by atoms with Gasteiger partial charge in [0.05, 0.1) is 4.91 Å². The number of imide groups is 1. The van der Waals surface area contributed by atoms with Crippen molar-refractivity contribution in [2.75, 3.05) is 6.54 Å². The molecule has 3 rings (SSSR count). The summed E-state index contributed by atoms with van der Waals surface area (Å²) in [4.78, 5) is 35.3. The topological polar surface area (TPSA) is 74.7 Å². The average molecular weight is 365 g/mol. The first-order valence-corrected chi connectivity index (χ1v) is 8.65. The number of rotatable bonds is 5. The van der Waals surface area contributed by atoms with E-state index in [4.69, 9.17) is 5.11 Å². The summed E-state index contributed by atoms with van der Waals surface area (Å²) in [5.41, 5.74) is 3.19. The average Bonchev–Trinajstić information content (AvgIpc) is 2.90. The zero-order valence-electron chi connectivity index (χ0n) is 13.7. The molecule has 0 unspecified atom stereocenters. The predicted octanol–water partition coefficient (Wildman–Crippen LogP) is 4.03. The van der Waals surface area contributed by atoms with Crippen molar-refractivity contribution in [2.45, 2.75) is 0 Å². The van der Waals surface area contributed by atoms with Gasteiger partial charge in [0.2, 0.25) is 0 Å². The zero-order chi connectivity index (χ0) is 18.5. The molecule has 0 saturated carbocycles. The third kappa shape index (κ3) is 4.10. The van der Waals surface area contributed by atoms with Gasteiger partial charge >= 0.3 is 5.97 Å². The highest BCUT2D eigenvalue weighted by atomic mass is 32.2. The SMILES string of the molecule is O=C(O)CN1C(=O)SC(=CC=Cc2ccc(-c3ccccc3)cc2)C1=O. The van der Waals surface area contributed by atoms with Crippen LogP contribution in [-0.2, 0) is 9.59 Å². The molecular formula is C20H15NO4S. The summed E-state index contributed by atoms with van der Waals surface area (Å²) in [6.45, 7) is -0.618. The van der Waals surface area contributed by atoms with Crippen molar-refractivity contribution in [1.29, 1.82) is 0 Å². The molecule has 1 fully saturated rings. The molecule has 130 valence electrons. The summed E-state index contributed by atoms with van der Waals surface area (Å²) in [5.74, 6) is -1.80. The third-order valence-corrected chi connectivity index (χ3v) is 4.65. The van der Waals surface area contributed by atoms with E-state index in [-0.39, 0.29) is 4.91 Å². The number of aliphatic carboxylic acids is 1. The summed E-state index contributed by atoms with van der Waals surface area (Å²) in [6, 6.07) is 18.0. The van der Waals surface area contributed by atoms with Crippen molar-refractivity contribution in [1.82, 2.24) is 4.90 Å². The molecule has 1 aliphatic rings. The fourth-order valence-corrected chi connectivity index (χ4v) is 3.24. The van der Waals surface area contributed by atoms with Crippen LogP contribution in [-0.4, -0.2) is 33.7 Å². The number of carboxylic acids is 1. The highest BCUT2D eigenvalue weighted by Gasteiger charge is 2.35. The van der Waals surface area contributed by atoms with Gasteiger partial charge < -0.3 is 5.11 Å². The zero-order valence-corrected chi connectivity index (χ0v) is 14.5. The Kier molecular flexibility index (Phi) is 5.34. The first-order valence-electron chi connectivity index (χ1n) is 7.84. The van der Waals surface area contributed by atoms with Crippen LogP contribution < -0.4 is 0 Å². The van der Waals surface area contributed by atoms with Crippen LogP contribution in [0.5, 0.6) is 0 Å². The second kappa shape index (κ2) is 7.84. The largest absolute Gasteiger partial charge is 0.480 e. The van der Waals surface area contributed by atoms with Crippen molar-refractivity contribution >= 4 is 35.0 Å². The molecule has 0 spiro atoms. The Bertz CT molecular complexity index is 901. The van der Waals surface area contributed by atoms with Crippen molar-refractivity contribution in [3.63, 3.8) is 0 Å². The molecule has 2 aromatic carbocycles. The van der Waals surface area contributed by atoms with Gasteiger partial charge in [0.15, 0.2) is 0 Å². The number of thioether (sulfide) groups is 1. The maximum Gasteiger partial charge on any atom is 0.323 e. The lowest BCUT2D eigenvalue weighted by molar-refractivity contribution is -0.140. The Morgan fingerprint density at radius 1 is 1.00 bits per heavy atom. The molecule has 5 nitrogen and oxygen atoms in total. The molecule has 2 amide bonds. The van der Waals surface area contributed by atoms with Crippen LogP contribution in [0.2, 0.25) is 0 Å². The van der Waals surface area contributed by atoms with E-state index in [0.717, 1.165) is 33.4 Å². The van der Waals surface area contributed by atoms with Gasteiger partial charge in [-0.1, -0.05) is 66.7 Å². The summed E-state index contributed by atoms with van der Waals surface area (Å²) >= 11 is 0.743. The highest BCUT2D eigenvalue weighted by molar-refractivity contribution is 8.18. The summed E-state index contributed by atoms with van der Waals surface area (Å²) in [5, 5.41) is 8.17. The smallest absolute Gasteiger partial charge is 0.323 e. The monoisotopic (exact) mass is 365 g/mol. The number of amides is 2. The van der Waals surface area contributed by atoms with Gasteiger partial charge in [-0.05, 0) is 34.5 Å². The summed E-state index contributed by atoms with van der Waals surface area (Å²) in [7, 11) is 0. The standard InChI is InChI=1S/C20H15NO4S/c22-18(23)13-21-19(24)17(26-20(21)25)8-4-5-14-9-11-16(12-10-14)15-6-2-1-3-7-15/h1-12H,13H2,(H,22,23). The lowest BCUT2D eigenvalue weighted by Gasteiger charge is -2.07. The van der Waals surface area contributed by atoms with Crippen molar-refractivity contribution in [3.05, 3.63) is 77.2 Å². The third-order valence-electron chi connectivity index (χ3n) is 3.72. The Labute approximate surface area is 154 Å². The van der Waals surface area contributed by atoms with E-state index in [0.29, 0.717) is 0 Å². The number of allylic oxidation sites excluding steroid dienone is 2. The fraction of sp³-hybridized carbons (Fsp3) is 0.0500. The molecule has 2 aromatic rings. The summed E-state index contributed by atoms with van der Waals surface area (Å²) < 4.78 is 0. The molecule has 1 aliphatic heterocycles. The van der Waals surface area contributed by atoms with E-state index in [9.17, 15) is 14.4 Å². The Morgan fingerprint density at radius 3 is 2.31 bits per heavy atom. The molecule has 0 aliphatic carbocycles. The minimum Gasteiger partial charge on any atom is -0.480 e. The van der Waals surface area contributed by atoms with Crippen LogP contribution in [0.15, 0.2) is 71.7 Å². The molecule has 6 heteroatoms. The van der Waals surface area contributed by atoms with Crippen LogP contribution in [0.3, 0.4) is 0 Å². The second-order valence-electron chi connectivity index (χ2n) is 5.53.